The maximum atomic E-state index is 6.14. The maximum Gasteiger partial charge on any atom is 0.0990 e. The van der Waals surface area contributed by atoms with E-state index in [9.17, 15) is 0 Å². The molecule has 0 heterocycles. The van der Waals surface area contributed by atoms with E-state index in [1.165, 1.54) is 77.3 Å². The predicted octanol–water partition coefficient (Wildman–Crippen LogP) is 5.64. The number of rotatable bonds is 14. The molecule has 2 aliphatic carbocycles. The first-order chi connectivity index (χ1) is 11.3. The molecule has 0 unspecified atom stereocenters. The van der Waals surface area contributed by atoms with Gasteiger partial charge < -0.3 is 4.74 Å². The standard InChI is InChI=1S/C21H39NO/c1-3-5-7-9-13-22(14-10-8-6-4-2)18-23-17-21-16-19-11-12-20(21)15-19/h11-12,19-21H,3-10,13-18H2,1-2H3/t19-,20+,21+/m1/s1. The normalized spacial score (nSPS) is 25.8. The van der Waals surface area contributed by atoms with E-state index in [2.05, 4.69) is 30.9 Å². The minimum absolute atomic E-state index is 0.798. The van der Waals surface area contributed by atoms with Crippen LogP contribution in [0.5, 0.6) is 0 Å². The van der Waals surface area contributed by atoms with Gasteiger partial charge in [0.1, 0.15) is 0 Å². The molecule has 0 aromatic carbocycles. The van der Waals surface area contributed by atoms with Crippen LogP contribution in [0.1, 0.15) is 78.1 Å². The quantitative estimate of drug-likeness (QED) is 0.233. The highest BCUT2D eigenvalue weighted by Gasteiger charge is 2.35. The van der Waals surface area contributed by atoms with E-state index in [0.29, 0.717) is 0 Å². The van der Waals surface area contributed by atoms with E-state index in [1.807, 2.05) is 0 Å². The molecule has 3 atom stereocenters. The van der Waals surface area contributed by atoms with Crippen LogP contribution >= 0.6 is 0 Å². The summed E-state index contributed by atoms with van der Waals surface area (Å²) in [5.74, 6) is 2.49. The average Bonchev–Trinajstić information content (AvgIpc) is 3.18. The molecule has 2 nitrogen and oxygen atoms in total. The Bertz CT molecular complexity index is 316. The molecular formula is C21H39NO. The molecule has 0 radical (unpaired) electrons. The van der Waals surface area contributed by atoms with Gasteiger partial charge in [-0.25, -0.2) is 0 Å². The van der Waals surface area contributed by atoms with Crippen molar-refractivity contribution < 1.29 is 4.74 Å². The lowest BCUT2D eigenvalue weighted by atomic mass is 9.95. The van der Waals surface area contributed by atoms with E-state index < -0.39 is 0 Å². The summed E-state index contributed by atoms with van der Waals surface area (Å²) in [6.07, 6.45) is 18.5. The van der Waals surface area contributed by atoms with Crippen molar-refractivity contribution >= 4 is 0 Å². The van der Waals surface area contributed by atoms with E-state index in [4.69, 9.17) is 4.74 Å². The maximum absolute atomic E-state index is 6.14. The molecular weight excluding hydrogens is 282 g/mol. The highest BCUT2D eigenvalue weighted by atomic mass is 16.5. The number of unbranched alkanes of at least 4 members (excludes halogenated alkanes) is 6. The molecule has 0 aromatic rings. The first-order valence-electron chi connectivity index (χ1n) is 10.3. The Labute approximate surface area is 144 Å². The van der Waals surface area contributed by atoms with Crippen LogP contribution in [-0.4, -0.2) is 31.3 Å². The summed E-state index contributed by atoms with van der Waals surface area (Å²) < 4.78 is 6.14. The smallest absolute Gasteiger partial charge is 0.0990 e. The molecule has 1 saturated carbocycles. The second-order valence-electron chi connectivity index (χ2n) is 7.78. The van der Waals surface area contributed by atoms with Gasteiger partial charge in [0.05, 0.1) is 13.3 Å². The fraction of sp³-hybridized carbons (Fsp3) is 0.905. The van der Waals surface area contributed by atoms with Crippen molar-refractivity contribution in [1.82, 2.24) is 4.90 Å². The van der Waals surface area contributed by atoms with Crippen LogP contribution < -0.4 is 0 Å². The van der Waals surface area contributed by atoms with Crippen molar-refractivity contribution in [3.8, 4) is 0 Å². The summed E-state index contributed by atoms with van der Waals surface area (Å²) in [5, 5.41) is 0. The summed E-state index contributed by atoms with van der Waals surface area (Å²) in [4.78, 5) is 2.56. The zero-order valence-electron chi connectivity index (χ0n) is 15.6. The lowest BCUT2D eigenvalue weighted by molar-refractivity contribution is 0.00518. The molecule has 2 rings (SSSR count). The monoisotopic (exact) mass is 321 g/mol. The molecule has 0 spiro atoms. The summed E-state index contributed by atoms with van der Waals surface area (Å²) in [6.45, 7) is 8.86. The highest BCUT2D eigenvalue weighted by molar-refractivity contribution is 5.09. The van der Waals surface area contributed by atoms with Crippen LogP contribution in [0.4, 0.5) is 0 Å². The first kappa shape index (κ1) is 19.0. The van der Waals surface area contributed by atoms with Gasteiger partial charge in [-0.3, -0.25) is 4.90 Å². The highest BCUT2D eigenvalue weighted by Crippen LogP contribution is 2.43. The van der Waals surface area contributed by atoms with Crippen LogP contribution in [0.3, 0.4) is 0 Å². The molecule has 0 amide bonds. The average molecular weight is 322 g/mol. The topological polar surface area (TPSA) is 12.5 Å². The van der Waals surface area contributed by atoms with Crippen molar-refractivity contribution in [3.63, 3.8) is 0 Å². The predicted molar refractivity (Wildman–Crippen MR) is 99.5 cm³/mol. The molecule has 2 aliphatic rings. The lowest BCUT2D eigenvalue weighted by Gasteiger charge is -2.24. The number of allylic oxidation sites excluding steroid dienone is 2. The SMILES string of the molecule is CCCCCCN(CCCCCC)COC[C@@H]1C[C@@H]2C=C[C@H]1C2. The van der Waals surface area contributed by atoms with Gasteiger partial charge in [-0.1, -0.05) is 64.5 Å². The fourth-order valence-electron chi connectivity index (χ4n) is 4.18. The van der Waals surface area contributed by atoms with Crippen LogP contribution in [0, 0.1) is 17.8 Å². The lowest BCUT2D eigenvalue weighted by Crippen LogP contribution is -2.30. The number of hydrogen-bond donors (Lipinski definition) is 0. The van der Waals surface area contributed by atoms with Gasteiger partial charge in [0.25, 0.3) is 0 Å². The van der Waals surface area contributed by atoms with Gasteiger partial charge >= 0.3 is 0 Å². The van der Waals surface area contributed by atoms with E-state index in [1.54, 1.807) is 0 Å². The zero-order chi connectivity index (χ0) is 16.3. The Morgan fingerprint density at radius 3 is 2.09 bits per heavy atom. The first-order valence-corrected chi connectivity index (χ1v) is 10.3. The van der Waals surface area contributed by atoms with Crippen molar-refractivity contribution in [2.75, 3.05) is 26.4 Å². The van der Waals surface area contributed by atoms with Crippen molar-refractivity contribution in [2.45, 2.75) is 78.1 Å². The van der Waals surface area contributed by atoms with Crippen LogP contribution in [-0.2, 0) is 4.74 Å². The van der Waals surface area contributed by atoms with Gasteiger partial charge in [0.2, 0.25) is 0 Å². The molecule has 0 aliphatic heterocycles. The number of fused-ring (bicyclic) bond motifs is 2. The van der Waals surface area contributed by atoms with Crippen molar-refractivity contribution in [2.24, 2.45) is 17.8 Å². The van der Waals surface area contributed by atoms with Crippen LogP contribution in [0.2, 0.25) is 0 Å². The van der Waals surface area contributed by atoms with Gasteiger partial charge in [0.15, 0.2) is 0 Å². The Balaban J connectivity index is 1.60. The third-order valence-electron chi connectivity index (χ3n) is 5.68. The Hall–Kier alpha value is -0.340. The Morgan fingerprint density at radius 2 is 1.57 bits per heavy atom. The Kier molecular flexibility index (Phi) is 9.29. The fourth-order valence-corrected chi connectivity index (χ4v) is 4.18. The molecule has 1 fully saturated rings. The van der Waals surface area contributed by atoms with Gasteiger partial charge in [-0.2, -0.15) is 0 Å². The van der Waals surface area contributed by atoms with Crippen molar-refractivity contribution in [1.29, 1.82) is 0 Å². The summed E-state index contributed by atoms with van der Waals surface area (Å²) in [7, 11) is 0. The molecule has 0 aromatic heterocycles. The van der Waals surface area contributed by atoms with Gasteiger partial charge in [-0.15, -0.1) is 0 Å². The van der Waals surface area contributed by atoms with E-state index in [0.717, 1.165) is 31.1 Å². The molecule has 0 saturated heterocycles. The molecule has 2 heteroatoms. The van der Waals surface area contributed by atoms with E-state index in [-0.39, 0.29) is 0 Å². The summed E-state index contributed by atoms with van der Waals surface area (Å²) in [5.41, 5.74) is 0. The zero-order valence-corrected chi connectivity index (χ0v) is 15.6. The number of ether oxygens (including phenoxy) is 1. The minimum Gasteiger partial charge on any atom is -0.366 e. The molecule has 23 heavy (non-hydrogen) atoms. The largest absolute Gasteiger partial charge is 0.366 e. The summed E-state index contributed by atoms with van der Waals surface area (Å²) in [6, 6.07) is 0. The number of hydrogen-bond acceptors (Lipinski definition) is 2. The molecule has 2 bridgehead atoms. The van der Waals surface area contributed by atoms with Gasteiger partial charge in [-0.05, 0) is 43.4 Å². The second kappa shape index (κ2) is 11.3. The second-order valence-corrected chi connectivity index (χ2v) is 7.78. The molecule has 0 N–H and O–H groups in total. The van der Waals surface area contributed by atoms with Crippen molar-refractivity contribution in [3.05, 3.63) is 12.2 Å². The third-order valence-corrected chi connectivity index (χ3v) is 5.68. The third kappa shape index (κ3) is 6.97. The van der Waals surface area contributed by atoms with Crippen LogP contribution in [0.15, 0.2) is 12.2 Å². The summed E-state index contributed by atoms with van der Waals surface area (Å²) >= 11 is 0. The number of nitrogens with zero attached hydrogens (tertiary/aromatic N) is 1. The van der Waals surface area contributed by atoms with Crippen LogP contribution in [0.25, 0.3) is 0 Å². The molecule has 134 valence electrons. The van der Waals surface area contributed by atoms with Gasteiger partial charge in [0, 0.05) is 13.1 Å². The Morgan fingerprint density at radius 1 is 0.870 bits per heavy atom. The van der Waals surface area contributed by atoms with E-state index >= 15 is 0 Å². The minimum atomic E-state index is 0.798.